The van der Waals surface area contributed by atoms with Crippen LogP contribution in [0.1, 0.15) is 25.3 Å². The number of aliphatic hydroxyl groups is 1. The van der Waals surface area contributed by atoms with Gasteiger partial charge in [0.25, 0.3) is 0 Å². The maximum absolute atomic E-state index is 14.4. The number of aliphatic hydroxyl groups excluding tert-OH is 1. The lowest BCUT2D eigenvalue weighted by molar-refractivity contribution is -0.142. The Morgan fingerprint density at radius 2 is 1.80 bits per heavy atom. The van der Waals surface area contributed by atoms with Crippen molar-refractivity contribution < 1.29 is 19.5 Å². The number of nitrogens with one attached hydrogen (secondary N) is 2. The third-order valence-corrected chi connectivity index (χ3v) is 12.0. The molecule has 3 N–H and O–H groups in total. The smallest absolute Gasteiger partial charge is 0.248 e. The largest absolute Gasteiger partial charge is 0.394 e. The van der Waals surface area contributed by atoms with Crippen LogP contribution in [0, 0.1) is 11.8 Å². The highest BCUT2D eigenvalue weighted by Gasteiger charge is 2.76. The van der Waals surface area contributed by atoms with Gasteiger partial charge in [-0.25, -0.2) is 0 Å². The van der Waals surface area contributed by atoms with Gasteiger partial charge in [-0.2, -0.15) is 0 Å². The van der Waals surface area contributed by atoms with Crippen LogP contribution in [-0.2, 0) is 20.8 Å². The number of amides is 3. The Morgan fingerprint density at radius 1 is 1.07 bits per heavy atom. The van der Waals surface area contributed by atoms with Gasteiger partial charge in [-0.05, 0) is 47.7 Å². The molecule has 7 nitrogen and oxygen atoms in total. The molecule has 0 radical (unpaired) electrons. The van der Waals surface area contributed by atoms with E-state index in [4.69, 9.17) is 0 Å². The summed E-state index contributed by atoms with van der Waals surface area (Å²) in [7, 11) is 0. The van der Waals surface area contributed by atoms with Crippen LogP contribution in [0.15, 0.2) is 72.8 Å². The fourth-order valence-electron chi connectivity index (χ4n) is 7.04. The molecule has 3 heterocycles. The lowest BCUT2D eigenvalue weighted by Gasteiger charge is -2.37. The highest BCUT2D eigenvalue weighted by molar-refractivity contribution is 9.09. The van der Waals surface area contributed by atoms with E-state index in [-0.39, 0.29) is 34.4 Å². The molecule has 3 aliphatic rings. The Balaban J connectivity index is 1.39. The Kier molecular flexibility index (Phi) is 7.87. The minimum Gasteiger partial charge on any atom is -0.394 e. The number of nitrogens with zero attached hydrogens (tertiary/aromatic N) is 1. The van der Waals surface area contributed by atoms with E-state index >= 15 is 0 Å². The molecule has 1 spiro atoms. The number of hydrogen-bond acceptors (Lipinski definition) is 5. The van der Waals surface area contributed by atoms with E-state index in [2.05, 4.69) is 26.6 Å². The number of fused-ring (bicyclic) bond motifs is 2. The van der Waals surface area contributed by atoms with Gasteiger partial charge in [0, 0.05) is 22.3 Å². The Labute approximate surface area is 252 Å². The summed E-state index contributed by atoms with van der Waals surface area (Å²) in [6, 6.07) is 22.0. The first-order chi connectivity index (χ1) is 19.9. The molecule has 3 aromatic rings. The van der Waals surface area contributed by atoms with Crippen molar-refractivity contribution in [1.29, 1.82) is 0 Å². The van der Waals surface area contributed by atoms with Crippen LogP contribution in [0.5, 0.6) is 0 Å². The molecule has 3 unspecified atom stereocenters. The number of halogens is 1. The van der Waals surface area contributed by atoms with Crippen LogP contribution in [0.3, 0.4) is 0 Å². The molecule has 6 rings (SSSR count). The van der Waals surface area contributed by atoms with Crippen LogP contribution in [0.25, 0.3) is 10.8 Å². The van der Waals surface area contributed by atoms with Gasteiger partial charge in [0.05, 0.1) is 29.2 Å². The Bertz CT molecular complexity index is 1470. The first-order valence-corrected chi connectivity index (χ1v) is 16.0. The molecule has 9 heteroatoms. The molecule has 3 amide bonds. The van der Waals surface area contributed by atoms with E-state index in [0.717, 1.165) is 22.8 Å². The van der Waals surface area contributed by atoms with Crippen LogP contribution in [0.2, 0.25) is 0 Å². The van der Waals surface area contributed by atoms with Gasteiger partial charge in [0.15, 0.2) is 0 Å². The van der Waals surface area contributed by atoms with E-state index in [9.17, 15) is 19.5 Å². The average Bonchev–Trinajstić information content (AvgIpc) is 3.58. The van der Waals surface area contributed by atoms with Gasteiger partial charge in [-0.15, -0.1) is 11.8 Å². The number of carbonyl (C=O) groups excluding carboxylic acids is 3. The quantitative estimate of drug-likeness (QED) is 0.303. The predicted molar refractivity (Wildman–Crippen MR) is 166 cm³/mol. The van der Waals surface area contributed by atoms with Gasteiger partial charge in [-0.3, -0.25) is 14.4 Å². The van der Waals surface area contributed by atoms with E-state index < -0.39 is 28.7 Å². The molecule has 41 heavy (non-hydrogen) atoms. The zero-order valence-corrected chi connectivity index (χ0v) is 25.2. The molecule has 0 saturated carbocycles. The molecule has 3 fully saturated rings. The van der Waals surface area contributed by atoms with E-state index in [1.807, 2.05) is 79.7 Å². The van der Waals surface area contributed by atoms with Crippen molar-refractivity contribution in [2.75, 3.05) is 18.5 Å². The van der Waals surface area contributed by atoms with Crippen molar-refractivity contribution >= 4 is 61.9 Å². The third-order valence-electron chi connectivity index (χ3n) is 8.76. The molecule has 3 aromatic carbocycles. The number of thioether (sulfide) groups is 1. The number of hydrogen-bond donors (Lipinski definition) is 3. The second-order valence-corrected chi connectivity index (χ2v) is 14.0. The first-order valence-electron chi connectivity index (χ1n) is 14.2. The normalized spacial score (nSPS) is 29.0. The second kappa shape index (κ2) is 11.4. The maximum atomic E-state index is 14.4. The fraction of sp³-hybridized carbons (Fsp3) is 0.406. The minimum absolute atomic E-state index is 0.00783. The number of carbonyl (C=O) groups is 3. The van der Waals surface area contributed by atoms with Gasteiger partial charge >= 0.3 is 0 Å². The topological polar surface area (TPSA) is 98.7 Å². The number of rotatable bonds is 9. The van der Waals surface area contributed by atoms with Crippen molar-refractivity contribution in [2.24, 2.45) is 11.8 Å². The summed E-state index contributed by atoms with van der Waals surface area (Å²) in [5.74, 6) is -1.82. The predicted octanol–water partition coefficient (Wildman–Crippen LogP) is 4.37. The number of likely N-dealkylation sites (tertiary alicyclic amines) is 1. The number of alkyl halides is 1. The lowest BCUT2D eigenvalue weighted by atomic mass is 9.70. The SMILES string of the molecule is CCCNC(=O)[C@H]1[C@H]2C(=O)N([C@@H](CO)Cc3ccccc3)C(C(=O)Nc3ccc4ccccc4c3)C23CC(Br)[C@@H]1S3. The fourth-order valence-corrected chi connectivity index (χ4v) is 10.6. The summed E-state index contributed by atoms with van der Waals surface area (Å²) < 4.78 is -0.783. The van der Waals surface area contributed by atoms with Crippen molar-refractivity contribution in [3.63, 3.8) is 0 Å². The average molecular weight is 637 g/mol. The van der Waals surface area contributed by atoms with Crippen molar-refractivity contribution in [2.45, 2.75) is 53.1 Å². The molecule has 3 saturated heterocycles. The molecule has 0 aliphatic carbocycles. The highest BCUT2D eigenvalue weighted by atomic mass is 79.9. The summed E-state index contributed by atoms with van der Waals surface area (Å²) in [5, 5.41) is 18.7. The van der Waals surface area contributed by atoms with Crippen molar-refractivity contribution in [3.8, 4) is 0 Å². The standard InChI is InChI=1S/C32H34BrN3O4S/c1-2-14-34-29(38)25-26-31(40)36(23(18-37)15-19-8-4-3-5-9-19)28(32(26)17-24(33)27(25)41-32)30(39)35-22-13-12-20-10-6-7-11-21(20)16-22/h3-13,16,23-28,37H,2,14-15,17-18H2,1H3,(H,34,38)(H,35,39)/t23-,24?,25+,26+,27+,28?,32?/m1/s1. The summed E-state index contributed by atoms with van der Waals surface area (Å²) in [6.07, 6.45) is 1.79. The summed E-state index contributed by atoms with van der Waals surface area (Å²) in [5.41, 5.74) is 1.62. The zero-order chi connectivity index (χ0) is 28.7. The van der Waals surface area contributed by atoms with Gasteiger partial charge < -0.3 is 20.6 Å². The van der Waals surface area contributed by atoms with Crippen LogP contribution < -0.4 is 10.6 Å². The highest BCUT2D eigenvalue weighted by Crippen LogP contribution is 2.68. The van der Waals surface area contributed by atoms with Crippen molar-refractivity contribution in [1.82, 2.24) is 10.2 Å². The summed E-state index contributed by atoms with van der Waals surface area (Å²) >= 11 is 5.42. The van der Waals surface area contributed by atoms with Crippen LogP contribution >= 0.6 is 27.7 Å². The summed E-state index contributed by atoms with van der Waals surface area (Å²) in [4.78, 5) is 43.9. The summed E-state index contributed by atoms with van der Waals surface area (Å²) in [6.45, 7) is 2.24. The van der Waals surface area contributed by atoms with Gasteiger partial charge in [0.1, 0.15) is 6.04 Å². The molecule has 2 bridgehead atoms. The van der Waals surface area contributed by atoms with Crippen LogP contribution in [-0.4, -0.2) is 67.8 Å². The van der Waals surface area contributed by atoms with Crippen LogP contribution in [0.4, 0.5) is 5.69 Å². The van der Waals surface area contributed by atoms with E-state index in [1.165, 1.54) is 0 Å². The molecule has 3 aliphatic heterocycles. The minimum atomic E-state index is -0.841. The van der Waals surface area contributed by atoms with Gasteiger partial charge in [0.2, 0.25) is 17.7 Å². The maximum Gasteiger partial charge on any atom is 0.248 e. The number of benzene rings is 3. The Morgan fingerprint density at radius 3 is 2.54 bits per heavy atom. The van der Waals surface area contributed by atoms with E-state index in [0.29, 0.717) is 25.1 Å². The molecule has 0 aromatic heterocycles. The monoisotopic (exact) mass is 635 g/mol. The second-order valence-electron chi connectivity index (χ2n) is 11.3. The molecule has 214 valence electrons. The third kappa shape index (κ3) is 4.85. The van der Waals surface area contributed by atoms with Gasteiger partial charge in [-0.1, -0.05) is 83.5 Å². The molecular weight excluding hydrogens is 602 g/mol. The lowest BCUT2D eigenvalue weighted by Crippen LogP contribution is -2.55. The first kappa shape index (κ1) is 28.2. The molecule has 7 atom stereocenters. The van der Waals surface area contributed by atoms with Crippen molar-refractivity contribution in [3.05, 3.63) is 78.4 Å². The Hall–Kier alpha value is -2.88. The number of anilines is 1. The molecular formula is C32H34BrN3O4S. The van der Waals surface area contributed by atoms with E-state index in [1.54, 1.807) is 16.7 Å². The zero-order valence-electron chi connectivity index (χ0n) is 22.8.